The number of rotatable bonds is 10. The number of sulfone groups is 1. The molecule has 0 aliphatic heterocycles. The zero-order valence-electron chi connectivity index (χ0n) is 20.1. The van der Waals surface area contributed by atoms with E-state index in [1.807, 2.05) is 18.4 Å². The summed E-state index contributed by atoms with van der Waals surface area (Å²) in [4.78, 5) is 23.6. The number of likely N-dealkylation sites (N-methyl/N-ethyl adjacent to an activating group) is 1. The molecule has 3 rings (SSSR count). The molecule has 0 fully saturated rings. The van der Waals surface area contributed by atoms with Gasteiger partial charge in [0, 0.05) is 23.5 Å². The third-order valence-electron chi connectivity index (χ3n) is 5.62. The molecule has 0 N–H and O–H groups in total. The fourth-order valence-corrected chi connectivity index (χ4v) is 6.08. The maximum absolute atomic E-state index is 13.7. The minimum Gasteiger partial charge on any atom is -0.302 e. The van der Waals surface area contributed by atoms with E-state index in [1.165, 1.54) is 17.4 Å². The van der Waals surface area contributed by atoms with Crippen molar-refractivity contribution in [2.24, 2.45) is 0 Å². The normalized spacial score (nSPS) is 11.7. The molecule has 0 saturated carbocycles. The first-order valence-electron chi connectivity index (χ1n) is 11.0. The number of fused-ring (bicyclic) bond motifs is 1. The van der Waals surface area contributed by atoms with Gasteiger partial charge in [-0.1, -0.05) is 31.3 Å². The average molecular weight is 542 g/mol. The Morgan fingerprint density at radius 3 is 2.41 bits per heavy atom. The summed E-state index contributed by atoms with van der Waals surface area (Å²) in [6.07, 6.45) is 2.03. The molecule has 0 spiro atoms. The quantitative estimate of drug-likeness (QED) is 0.311. The first-order valence-corrected chi connectivity index (χ1v) is 14.6. The van der Waals surface area contributed by atoms with Crippen molar-refractivity contribution in [3.05, 3.63) is 48.0 Å². The summed E-state index contributed by atoms with van der Waals surface area (Å²) in [5.41, 5.74) is 1.20. The van der Waals surface area contributed by atoms with Gasteiger partial charge in [-0.3, -0.25) is 9.69 Å². The van der Waals surface area contributed by atoms with Crippen LogP contribution in [0.2, 0.25) is 0 Å². The van der Waals surface area contributed by atoms with Crippen LogP contribution in [0, 0.1) is 0 Å². The van der Waals surface area contributed by atoms with Gasteiger partial charge >= 0.3 is 0 Å². The molecule has 1 heterocycles. The first-order chi connectivity index (χ1) is 15.7. The molecule has 10 heteroatoms. The Morgan fingerprint density at radius 2 is 1.79 bits per heavy atom. The molecule has 1 amide bonds. The highest BCUT2D eigenvalue weighted by molar-refractivity contribution is 7.98. The lowest BCUT2D eigenvalue weighted by Crippen LogP contribution is -2.39. The Kier molecular flexibility index (Phi) is 10.4. The van der Waals surface area contributed by atoms with Crippen LogP contribution in [-0.2, 0) is 9.84 Å². The topological polar surface area (TPSA) is 70.6 Å². The summed E-state index contributed by atoms with van der Waals surface area (Å²) in [5.74, 6) is -0.243. The highest BCUT2D eigenvalue weighted by Crippen LogP contribution is 2.32. The van der Waals surface area contributed by atoms with Crippen LogP contribution >= 0.6 is 35.5 Å². The smallest absolute Gasteiger partial charge is 0.260 e. The van der Waals surface area contributed by atoms with Crippen LogP contribution in [0.3, 0.4) is 0 Å². The minimum atomic E-state index is -3.48. The van der Waals surface area contributed by atoms with Crippen LogP contribution in [0.4, 0.5) is 5.13 Å². The van der Waals surface area contributed by atoms with E-state index in [4.69, 9.17) is 4.98 Å². The van der Waals surface area contributed by atoms with E-state index in [1.54, 1.807) is 48.7 Å². The number of amides is 1. The van der Waals surface area contributed by atoms with Crippen LogP contribution in [0.1, 0.15) is 38.1 Å². The Bertz CT molecular complexity index is 1220. The highest BCUT2D eigenvalue weighted by Gasteiger charge is 2.25. The van der Waals surface area contributed by atoms with E-state index in [0.717, 1.165) is 28.2 Å². The predicted octanol–water partition coefficient (Wildman–Crippen LogP) is 5.61. The molecule has 0 bridgehead atoms. The van der Waals surface area contributed by atoms with Gasteiger partial charge in [0.2, 0.25) is 0 Å². The van der Waals surface area contributed by atoms with Crippen molar-refractivity contribution in [3.63, 3.8) is 0 Å². The second-order valence-electron chi connectivity index (χ2n) is 7.94. The van der Waals surface area contributed by atoms with E-state index in [0.29, 0.717) is 23.8 Å². The van der Waals surface area contributed by atoms with Crippen molar-refractivity contribution >= 4 is 66.6 Å². The largest absolute Gasteiger partial charge is 0.302 e. The number of aromatic nitrogens is 1. The SMILES string of the molecule is CCN(CC)CCN(C(=O)c1cccc(S(=O)(=O)C(C)C)c1)c1nc2ccc(SC)cc2s1.Cl. The number of thioether (sulfide) groups is 1. The van der Waals surface area contributed by atoms with Crippen LogP contribution in [-0.4, -0.2) is 61.9 Å². The van der Waals surface area contributed by atoms with Crippen molar-refractivity contribution in [2.45, 2.75) is 42.7 Å². The predicted molar refractivity (Wildman–Crippen MR) is 147 cm³/mol. The van der Waals surface area contributed by atoms with Gasteiger partial charge in [-0.2, -0.15) is 0 Å². The van der Waals surface area contributed by atoms with Gasteiger partial charge < -0.3 is 4.90 Å². The van der Waals surface area contributed by atoms with Gasteiger partial charge in [-0.25, -0.2) is 13.4 Å². The van der Waals surface area contributed by atoms with Crippen LogP contribution in [0.25, 0.3) is 10.2 Å². The molecule has 0 atom stereocenters. The number of hydrogen-bond acceptors (Lipinski definition) is 7. The van der Waals surface area contributed by atoms with E-state index in [9.17, 15) is 13.2 Å². The lowest BCUT2D eigenvalue weighted by molar-refractivity contribution is 0.0983. The monoisotopic (exact) mass is 541 g/mol. The number of thiazole rings is 1. The number of anilines is 1. The molecule has 0 aliphatic rings. The number of halogens is 1. The van der Waals surface area contributed by atoms with Gasteiger partial charge in [0.15, 0.2) is 15.0 Å². The molecular formula is C24H32ClN3O3S3. The van der Waals surface area contributed by atoms with Crippen molar-refractivity contribution in [1.82, 2.24) is 9.88 Å². The number of carbonyl (C=O) groups is 1. The van der Waals surface area contributed by atoms with Crippen molar-refractivity contribution < 1.29 is 13.2 Å². The molecule has 0 saturated heterocycles. The molecule has 3 aromatic rings. The van der Waals surface area contributed by atoms with Crippen molar-refractivity contribution in [3.8, 4) is 0 Å². The fraction of sp³-hybridized carbons (Fsp3) is 0.417. The summed E-state index contributed by atoms with van der Waals surface area (Å²) in [7, 11) is -3.48. The van der Waals surface area contributed by atoms with Gasteiger partial charge in [-0.05, 0) is 69.6 Å². The molecule has 34 heavy (non-hydrogen) atoms. The Labute approximate surface area is 217 Å². The van der Waals surface area contributed by atoms with Gasteiger partial charge in [0.1, 0.15) is 0 Å². The van der Waals surface area contributed by atoms with E-state index < -0.39 is 15.1 Å². The zero-order chi connectivity index (χ0) is 24.2. The first kappa shape index (κ1) is 28.6. The van der Waals surface area contributed by atoms with Crippen molar-refractivity contribution in [2.75, 3.05) is 37.3 Å². The Morgan fingerprint density at radius 1 is 1.09 bits per heavy atom. The van der Waals surface area contributed by atoms with Gasteiger partial charge in [0.05, 0.1) is 20.4 Å². The van der Waals surface area contributed by atoms with E-state index in [-0.39, 0.29) is 23.2 Å². The number of carbonyl (C=O) groups excluding carboxylic acids is 1. The van der Waals surface area contributed by atoms with E-state index >= 15 is 0 Å². The summed E-state index contributed by atoms with van der Waals surface area (Å²) in [6.45, 7) is 10.4. The minimum absolute atomic E-state index is 0. The molecule has 1 aromatic heterocycles. The molecular weight excluding hydrogens is 510 g/mol. The standard InChI is InChI=1S/C24H31N3O3S3.ClH/c1-6-26(7-2)13-14-27(24-25-21-12-11-19(31-5)16-22(21)32-24)23(28)18-9-8-10-20(15-18)33(29,30)17(3)4;/h8-12,15-17H,6-7,13-14H2,1-5H3;1H. The summed E-state index contributed by atoms with van der Waals surface area (Å²) >= 11 is 3.15. The molecule has 0 aliphatic carbocycles. The van der Waals surface area contributed by atoms with Crippen molar-refractivity contribution in [1.29, 1.82) is 0 Å². The van der Waals surface area contributed by atoms with Crippen LogP contribution in [0.15, 0.2) is 52.3 Å². The second kappa shape index (κ2) is 12.4. The summed E-state index contributed by atoms with van der Waals surface area (Å²) in [5, 5.41) is 0.0639. The zero-order valence-corrected chi connectivity index (χ0v) is 23.4. The maximum atomic E-state index is 13.7. The van der Waals surface area contributed by atoms with Crippen LogP contribution < -0.4 is 4.90 Å². The number of benzene rings is 2. The summed E-state index contributed by atoms with van der Waals surface area (Å²) < 4.78 is 26.4. The number of nitrogens with zero attached hydrogens (tertiary/aromatic N) is 3. The highest BCUT2D eigenvalue weighted by atomic mass is 35.5. The lowest BCUT2D eigenvalue weighted by atomic mass is 10.2. The van der Waals surface area contributed by atoms with Gasteiger partial charge in [-0.15, -0.1) is 24.2 Å². The third-order valence-corrected chi connectivity index (χ3v) is 9.54. The Balaban J connectivity index is 0.00000408. The number of hydrogen-bond donors (Lipinski definition) is 0. The molecule has 0 radical (unpaired) electrons. The molecule has 2 aromatic carbocycles. The third kappa shape index (κ3) is 6.31. The van der Waals surface area contributed by atoms with E-state index in [2.05, 4.69) is 24.8 Å². The second-order valence-corrected chi connectivity index (χ2v) is 12.3. The Hall–Kier alpha value is -1.65. The molecule has 6 nitrogen and oxygen atoms in total. The van der Waals surface area contributed by atoms with Crippen LogP contribution in [0.5, 0.6) is 0 Å². The molecule has 186 valence electrons. The van der Waals surface area contributed by atoms with Gasteiger partial charge in [0.25, 0.3) is 5.91 Å². The average Bonchev–Trinajstić information content (AvgIpc) is 3.24. The fourth-order valence-electron chi connectivity index (χ4n) is 3.43. The summed E-state index contributed by atoms with van der Waals surface area (Å²) in [6, 6.07) is 12.4. The maximum Gasteiger partial charge on any atom is 0.260 e. The molecule has 0 unspecified atom stereocenters. The lowest BCUT2D eigenvalue weighted by Gasteiger charge is -2.25.